The fourth-order valence-corrected chi connectivity index (χ4v) is 4.22. The predicted octanol–water partition coefficient (Wildman–Crippen LogP) is 10.5. The van der Waals surface area contributed by atoms with Crippen LogP contribution in [0.1, 0.15) is 137 Å². The number of unbranched alkanes of at least 4 members (excludes halogenated alkanes) is 9. The molecular formula is C34H56O3. The van der Waals surface area contributed by atoms with Gasteiger partial charge in [0, 0.05) is 0 Å². The summed E-state index contributed by atoms with van der Waals surface area (Å²) in [5.74, 6) is 1.56. The molecule has 0 aliphatic rings. The lowest BCUT2D eigenvalue weighted by atomic mass is 9.76. The maximum absolute atomic E-state index is 10.0. The molecule has 0 saturated carbocycles. The number of phenols is 2. The van der Waals surface area contributed by atoms with Gasteiger partial charge in [0.2, 0.25) is 0 Å². The standard InChI is InChI=1S/C18H30O2.C16H26O/c1-2-3-4-5-6-7-8-9-10-11-16-20-18-14-12-17(19)13-15-18;1-7-15(3,4)12-9-10-14(17)13(11-12)16(5,6)8-2/h12-15,19H,2-11,16H2,1H3;9-11,17H,7-8H2,1-6H3. The van der Waals surface area contributed by atoms with Crippen LogP contribution in [0.3, 0.4) is 0 Å². The molecule has 0 aliphatic carbocycles. The van der Waals surface area contributed by atoms with Crippen LogP contribution in [-0.2, 0) is 10.8 Å². The Hall–Kier alpha value is -2.16. The van der Waals surface area contributed by atoms with E-state index in [1.807, 2.05) is 24.3 Å². The van der Waals surface area contributed by atoms with Gasteiger partial charge in [-0.05, 0) is 71.6 Å². The minimum Gasteiger partial charge on any atom is -0.508 e. The second-order valence-electron chi connectivity index (χ2n) is 11.7. The molecule has 2 aromatic carbocycles. The highest BCUT2D eigenvalue weighted by Crippen LogP contribution is 2.37. The first-order chi connectivity index (χ1) is 17.6. The highest BCUT2D eigenvalue weighted by Gasteiger charge is 2.25. The van der Waals surface area contributed by atoms with Gasteiger partial charge in [-0.2, -0.15) is 0 Å². The van der Waals surface area contributed by atoms with Crippen molar-refractivity contribution in [2.75, 3.05) is 6.61 Å². The molecule has 2 aromatic rings. The van der Waals surface area contributed by atoms with E-state index >= 15 is 0 Å². The van der Waals surface area contributed by atoms with E-state index in [0.717, 1.165) is 37.2 Å². The second-order valence-corrected chi connectivity index (χ2v) is 11.7. The Labute approximate surface area is 228 Å². The van der Waals surface area contributed by atoms with Crippen molar-refractivity contribution in [2.45, 2.75) is 136 Å². The van der Waals surface area contributed by atoms with Crippen LogP contribution in [0.25, 0.3) is 0 Å². The largest absolute Gasteiger partial charge is 0.508 e. The number of hydrogen-bond donors (Lipinski definition) is 2. The predicted molar refractivity (Wildman–Crippen MR) is 160 cm³/mol. The number of hydrogen-bond acceptors (Lipinski definition) is 3. The van der Waals surface area contributed by atoms with E-state index in [1.54, 1.807) is 12.1 Å². The SMILES string of the molecule is CCC(C)(C)c1ccc(O)c(C(C)(C)CC)c1.CCCCCCCCCCCCOc1ccc(O)cc1. The zero-order valence-corrected chi connectivity index (χ0v) is 25.0. The summed E-state index contributed by atoms with van der Waals surface area (Å²) in [5, 5.41) is 19.2. The average Bonchev–Trinajstić information content (AvgIpc) is 2.88. The molecule has 0 unspecified atom stereocenters. The first kappa shape index (κ1) is 32.9. The van der Waals surface area contributed by atoms with Gasteiger partial charge in [-0.15, -0.1) is 0 Å². The Morgan fingerprint density at radius 1 is 0.622 bits per heavy atom. The molecule has 0 fully saturated rings. The van der Waals surface area contributed by atoms with Crippen molar-refractivity contribution in [3.63, 3.8) is 0 Å². The molecule has 2 rings (SSSR count). The third-order valence-corrected chi connectivity index (χ3v) is 7.88. The molecule has 0 aromatic heterocycles. The van der Waals surface area contributed by atoms with Crippen LogP contribution in [0.5, 0.6) is 17.2 Å². The van der Waals surface area contributed by atoms with Crippen molar-refractivity contribution >= 4 is 0 Å². The molecule has 210 valence electrons. The van der Waals surface area contributed by atoms with Crippen LogP contribution in [0.15, 0.2) is 42.5 Å². The van der Waals surface area contributed by atoms with Gasteiger partial charge in [-0.25, -0.2) is 0 Å². The van der Waals surface area contributed by atoms with Crippen molar-refractivity contribution in [3.8, 4) is 17.2 Å². The maximum Gasteiger partial charge on any atom is 0.119 e. The van der Waals surface area contributed by atoms with Crippen LogP contribution in [-0.4, -0.2) is 16.8 Å². The van der Waals surface area contributed by atoms with E-state index in [1.165, 1.54) is 63.4 Å². The number of benzene rings is 2. The number of ether oxygens (including phenoxy) is 1. The molecule has 0 spiro atoms. The first-order valence-corrected chi connectivity index (χ1v) is 14.8. The lowest BCUT2D eigenvalue weighted by Crippen LogP contribution is -2.20. The van der Waals surface area contributed by atoms with Crippen LogP contribution in [0, 0.1) is 0 Å². The highest BCUT2D eigenvalue weighted by molar-refractivity contribution is 5.43. The lowest BCUT2D eigenvalue weighted by Gasteiger charge is -2.29. The van der Waals surface area contributed by atoms with Crippen LogP contribution >= 0.6 is 0 Å². The van der Waals surface area contributed by atoms with Gasteiger partial charge in [-0.1, -0.05) is 118 Å². The second kappa shape index (κ2) is 17.4. The molecule has 3 heteroatoms. The summed E-state index contributed by atoms with van der Waals surface area (Å²) in [6.45, 7) is 16.3. The molecular weight excluding hydrogens is 456 g/mol. The maximum atomic E-state index is 10.0. The molecule has 0 bridgehead atoms. The van der Waals surface area contributed by atoms with Crippen molar-refractivity contribution < 1.29 is 14.9 Å². The Morgan fingerprint density at radius 2 is 1.14 bits per heavy atom. The highest BCUT2D eigenvalue weighted by atomic mass is 16.5. The van der Waals surface area contributed by atoms with Gasteiger partial charge < -0.3 is 14.9 Å². The van der Waals surface area contributed by atoms with Gasteiger partial charge >= 0.3 is 0 Å². The molecule has 0 atom stereocenters. The Balaban J connectivity index is 0.000000375. The van der Waals surface area contributed by atoms with Gasteiger partial charge in [0.25, 0.3) is 0 Å². The fourth-order valence-electron chi connectivity index (χ4n) is 4.22. The molecule has 0 amide bonds. The molecule has 37 heavy (non-hydrogen) atoms. The van der Waals surface area contributed by atoms with Gasteiger partial charge in [0.1, 0.15) is 17.2 Å². The fraction of sp³-hybridized carbons (Fsp3) is 0.647. The minimum atomic E-state index is 0.0317. The first-order valence-electron chi connectivity index (χ1n) is 14.8. The minimum absolute atomic E-state index is 0.0317. The third-order valence-electron chi connectivity index (χ3n) is 7.88. The monoisotopic (exact) mass is 512 g/mol. The third kappa shape index (κ3) is 12.8. The zero-order chi connectivity index (χ0) is 27.7. The van der Waals surface area contributed by atoms with Crippen LogP contribution < -0.4 is 4.74 Å². The van der Waals surface area contributed by atoms with E-state index in [4.69, 9.17) is 9.84 Å². The van der Waals surface area contributed by atoms with Crippen molar-refractivity contribution in [2.24, 2.45) is 0 Å². The number of aromatic hydroxyl groups is 2. The lowest BCUT2D eigenvalue weighted by molar-refractivity contribution is 0.303. The molecule has 0 radical (unpaired) electrons. The van der Waals surface area contributed by atoms with Crippen molar-refractivity contribution in [3.05, 3.63) is 53.6 Å². The summed E-state index contributed by atoms with van der Waals surface area (Å²) in [4.78, 5) is 0. The van der Waals surface area contributed by atoms with Gasteiger partial charge in [-0.3, -0.25) is 0 Å². The summed E-state index contributed by atoms with van der Waals surface area (Å²) >= 11 is 0. The van der Waals surface area contributed by atoms with Gasteiger partial charge in [0.05, 0.1) is 6.61 Å². The smallest absolute Gasteiger partial charge is 0.119 e. The molecule has 2 N–H and O–H groups in total. The molecule has 0 heterocycles. The Kier molecular flexibility index (Phi) is 15.4. The number of rotatable bonds is 16. The Morgan fingerprint density at radius 3 is 1.65 bits per heavy atom. The summed E-state index contributed by atoms with van der Waals surface area (Å²) in [7, 11) is 0. The van der Waals surface area contributed by atoms with E-state index in [9.17, 15) is 5.11 Å². The molecule has 3 nitrogen and oxygen atoms in total. The quantitative estimate of drug-likeness (QED) is 0.220. The summed E-state index contributed by atoms with van der Waals surface area (Å²) in [5.41, 5.74) is 2.59. The molecule has 0 aliphatic heterocycles. The zero-order valence-electron chi connectivity index (χ0n) is 25.0. The van der Waals surface area contributed by atoms with Crippen LogP contribution in [0.2, 0.25) is 0 Å². The van der Waals surface area contributed by atoms with E-state index < -0.39 is 0 Å². The van der Waals surface area contributed by atoms with Crippen molar-refractivity contribution in [1.29, 1.82) is 0 Å². The summed E-state index contributed by atoms with van der Waals surface area (Å²) < 4.78 is 5.62. The topological polar surface area (TPSA) is 49.7 Å². The summed E-state index contributed by atoms with van der Waals surface area (Å²) in [6, 6.07) is 13.0. The van der Waals surface area contributed by atoms with E-state index in [-0.39, 0.29) is 16.6 Å². The summed E-state index contributed by atoms with van der Waals surface area (Å²) in [6.07, 6.45) is 15.6. The van der Waals surface area contributed by atoms with Gasteiger partial charge in [0.15, 0.2) is 0 Å². The van der Waals surface area contributed by atoms with E-state index in [0.29, 0.717) is 5.75 Å². The van der Waals surface area contributed by atoms with E-state index in [2.05, 4.69) is 54.5 Å². The van der Waals surface area contributed by atoms with Crippen LogP contribution in [0.4, 0.5) is 0 Å². The average molecular weight is 513 g/mol. The Bertz CT molecular complexity index is 852. The number of phenolic OH excluding ortho intramolecular Hbond substituents is 2. The van der Waals surface area contributed by atoms with Crippen molar-refractivity contribution in [1.82, 2.24) is 0 Å². The molecule has 0 saturated heterocycles. The normalized spacial score (nSPS) is 11.6.